The lowest BCUT2D eigenvalue weighted by atomic mass is 9.85. The van der Waals surface area contributed by atoms with E-state index in [9.17, 15) is 14.4 Å². The maximum absolute atomic E-state index is 12.7. The molecule has 1 aliphatic carbocycles. The zero-order valence-electron chi connectivity index (χ0n) is 18.9. The van der Waals surface area contributed by atoms with Crippen LogP contribution < -0.4 is 16.4 Å². The number of pyridine rings is 1. The van der Waals surface area contributed by atoms with E-state index in [2.05, 4.69) is 20.6 Å². The fraction of sp³-hybridized carbons (Fsp3) is 0.500. The van der Waals surface area contributed by atoms with Crippen LogP contribution in [0.5, 0.6) is 0 Å². The summed E-state index contributed by atoms with van der Waals surface area (Å²) in [5.74, 6) is -1.54. The summed E-state index contributed by atoms with van der Waals surface area (Å²) in [4.78, 5) is 45.6. The van der Waals surface area contributed by atoms with Crippen molar-refractivity contribution in [2.45, 2.75) is 51.2 Å². The van der Waals surface area contributed by atoms with E-state index in [4.69, 9.17) is 22.1 Å². The van der Waals surface area contributed by atoms with Crippen molar-refractivity contribution in [2.75, 3.05) is 19.0 Å². The molecule has 3 amide bonds. The summed E-state index contributed by atoms with van der Waals surface area (Å²) in [6, 6.07) is 1.52. The minimum atomic E-state index is -0.727. The number of carbonyl (C=O) groups is 3. The Morgan fingerprint density at radius 1 is 1.27 bits per heavy atom. The summed E-state index contributed by atoms with van der Waals surface area (Å²) in [6.45, 7) is 3.91. The Morgan fingerprint density at radius 2 is 1.97 bits per heavy atom. The first kappa shape index (κ1) is 24.7. The van der Waals surface area contributed by atoms with Gasteiger partial charge in [-0.15, -0.1) is 0 Å². The molecular formula is C22H29ClN6O4. The largest absolute Gasteiger partial charge is 0.377 e. The van der Waals surface area contributed by atoms with Gasteiger partial charge in [-0.2, -0.15) is 0 Å². The number of halogens is 1. The van der Waals surface area contributed by atoms with Gasteiger partial charge in [0.05, 0.1) is 28.8 Å². The molecule has 0 aromatic carbocycles. The first-order valence-corrected chi connectivity index (χ1v) is 11.1. The number of nitrogens with zero attached hydrogens (tertiary/aromatic N) is 3. The Bertz CT molecular complexity index is 1030. The molecule has 1 aliphatic rings. The second-order valence-electron chi connectivity index (χ2n) is 8.71. The minimum Gasteiger partial charge on any atom is -0.377 e. The molecule has 10 nitrogen and oxygen atoms in total. The predicted molar refractivity (Wildman–Crippen MR) is 123 cm³/mol. The van der Waals surface area contributed by atoms with Crippen LogP contribution in [0.1, 0.15) is 66.5 Å². The van der Waals surface area contributed by atoms with Crippen LogP contribution in [-0.4, -0.2) is 51.5 Å². The van der Waals surface area contributed by atoms with Gasteiger partial charge in [-0.3, -0.25) is 19.4 Å². The Kier molecular flexibility index (Phi) is 7.70. The molecular weight excluding hydrogens is 448 g/mol. The monoisotopic (exact) mass is 476 g/mol. The zero-order chi connectivity index (χ0) is 24.2. The zero-order valence-corrected chi connectivity index (χ0v) is 19.7. The first-order valence-electron chi connectivity index (χ1n) is 10.7. The Hall–Kier alpha value is -2.98. The van der Waals surface area contributed by atoms with Crippen LogP contribution in [-0.2, 0) is 9.53 Å². The Balaban J connectivity index is 1.66. The first-order chi connectivity index (χ1) is 15.6. The van der Waals surface area contributed by atoms with E-state index in [0.717, 1.165) is 0 Å². The van der Waals surface area contributed by atoms with Crippen molar-refractivity contribution in [1.82, 2.24) is 19.9 Å². The second-order valence-corrected chi connectivity index (χ2v) is 9.12. The van der Waals surface area contributed by atoms with Gasteiger partial charge in [-0.1, -0.05) is 11.6 Å². The third-order valence-corrected chi connectivity index (χ3v) is 6.29. The van der Waals surface area contributed by atoms with Crippen molar-refractivity contribution in [3.05, 3.63) is 41.2 Å². The van der Waals surface area contributed by atoms with E-state index >= 15 is 0 Å². The molecule has 1 fully saturated rings. The molecule has 2 aromatic heterocycles. The van der Waals surface area contributed by atoms with Gasteiger partial charge in [-0.25, -0.2) is 4.98 Å². The smallest absolute Gasteiger partial charge is 0.272 e. The van der Waals surface area contributed by atoms with Crippen LogP contribution in [0.3, 0.4) is 0 Å². The fourth-order valence-electron chi connectivity index (χ4n) is 3.82. The van der Waals surface area contributed by atoms with Gasteiger partial charge in [0, 0.05) is 31.8 Å². The molecule has 178 valence electrons. The van der Waals surface area contributed by atoms with Gasteiger partial charge < -0.3 is 25.7 Å². The number of primary amides is 1. The van der Waals surface area contributed by atoms with Crippen molar-refractivity contribution < 1.29 is 19.1 Å². The molecule has 4 N–H and O–H groups in total. The number of hydrogen-bond acceptors (Lipinski definition) is 6. The van der Waals surface area contributed by atoms with Crippen molar-refractivity contribution >= 4 is 35.0 Å². The average Bonchev–Trinajstić information content (AvgIpc) is 3.25. The van der Waals surface area contributed by atoms with Crippen LogP contribution in [0, 0.1) is 5.92 Å². The summed E-state index contributed by atoms with van der Waals surface area (Å²) >= 11 is 6.09. The van der Waals surface area contributed by atoms with E-state index < -0.39 is 17.4 Å². The summed E-state index contributed by atoms with van der Waals surface area (Å²) in [5, 5.41) is 5.99. The maximum atomic E-state index is 12.7. The molecule has 3 rings (SSSR count). The number of amides is 3. The van der Waals surface area contributed by atoms with Gasteiger partial charge in [0.2, 0.25) is 5.91 Å². The topological polar surface area (TPSA) is 141 Å². The number of ether oxygens (including phenoxy) is 1. The fourth-order valence-corrected chi connectivity index (χ4v) is 3.97. The normalized spacial score (nSPS) is 18.5. The maximum Gasteiger partial charge on any atom is 0.272 e. The highest BCUT2D eigenvalue weighted by Gasteiger charge is 2.32. The van der Waals surface area contributed by atoms with Crippen molar-refractivity contribution in [3.63, 3.8) is 0 Å². The molecule has 0 radical (unpaired) electrons. The molecule has 0 saturated heterocycles. The molecule has 0 spiro atoms. The number of nitrogens with two attached hydrogens (primary N) is 1. The lowest BCUT2D eigenvalue weighted by Crippen LogP contribution is -2.40. The van der Waals surface area contributed by atoms with Crippen molar-refractivity contribution in [2.24, 2.45) is 11.7 Å². The molecule has 2 aromatic rings. The van der Waals surface area contributed by atoms with Crippen molar-refractivity contribution in [3.8, 4) is 0 Å². The van der Waals surface area contributed by atoms with Crippen LogP contribution in [0.25, 0.3) is 0 Å². The number of rotatable bonds is 8. The molecule has 11 heteroatoms. The summed E-state index contributed by atoms with van der Waals surface area (Å²) in [7, 11) is 1.55. The highest BCUT2D eigenvalue weighted by Crippen LogP contribution is 2.34. The highest BCUT2D eigenvalue weighted by atomic mass is 35.5. The summed E-state index contributed by atoms with van der Waals surface area (Å²) in [6.07, 6.45) is 7.01. The van der Waals surface area contributed by atoms with Gasteiger partial charge >= 0.3 is 0 Å². The number of imidazole rings is 1. The lowest BCUT2D eigenvalue weighted by Gasteiger charge is -2.29. The third kappa shape index (κ3) is 5.88. The number of hydrogen-bond donors (Lipinski definition) is 3. The molecule has 2 heterocycles. The average molecular weight is 477 g/mol. The van der Waals surface area contributed by atoms with Gasteiger partial charge in [0.25, 0.3) is 11.8 Å². The molecule has 0 aliphatic heterocycles. The quantitative estimate of drug-likeness (QED) is 0.534. The second kappa shape index (κ2) is 10.3. The molecule has 0 bridgehead atoms. The third-order valence-electron chi connectivity index (χ3n) is 5.96. The molecule has 1 saturated carbocycles. The van der Waals surface area contributed by atoms with E-state index in [1.165, 1.54) is 12.5 Å². The number of carbonyl (C=O) groups excluding carboxylic acids is 3. The van der Waals surface area contributed by atoms with E-state index in [1.54, 1.807) is 23.9 Å². The number of anilines is 1. The van der Waals surface area contributed by atoms with E-state index in [0.29, 0.717) is 36.4 Å². The van der Waals surface area contributed by atoms with Crippen LogP contribution >= 0.6 is 11.6 Å². The molecule has 33 heavy (non-hydrogen) atoms. The van der Waals surface area contributed by atoms with Gasteiger partial charge in [-0.05, 0) is 45.6 Å². The Labute approximate surface area is 197 Å². The highest BCUT2D eigenvalue weighted by molar-refractivity contribution is 6.33. The predicted octanol–water partition coefficient (Wildman–Crippen LogP) is 2.56. The standard InChI is InChI=1S/C22H29ClN6O4/c1-22(2,33-3)11-26-21(32)17-18(19(24)30)29(12-27-17)14-6-4-13(5-7-14)20(31)28-16-10-25-9-8-15(16)23/h8-10,12-14H,4-7,11H2,1-3H3,(H2,24,30)(H,26,32)(H,28,31). The van der Waals surface area contributed by atoms with E-state index in [1.807, 2.05) is 13.8 Å². The minimum absolute atomic E-state index is 0.0134. The van der Waals surface area contributed by atoms with Crippen LogP contribution in [0.2, 0.25) is 5.02 Å². The van der Waals surface area contributed by atoms with Crippen LogP contribution in [0.4, 0.5) is 5.69 Å². The number of methoxy groups -OCH3 is 1. The van der Waals surface area contributed by atoms with Crippen LogP contribution in [0.15, 0.2) is 24.8 Å². The summed E-state index contributed by atoms with van der Waals surface area (Å²) < 4.78 is 6.96. The lowest BCUT2D eigenvalue weighted by molar-refractivity contribution is -0.121. The Morgan fingerprint density at radius 3 is 2.58 bits per heavy atom. The number of nitrogens with one attached hydrogen (secondary N) is 2. The van der Waals surface area contributed by atoms with Gasteiger partial charge in [0.1, 0.15) is 5.69 Å². The summed E-state index contributed by atoms with van der Waals surface area (Å²) in [5.41, 5.74) is 5.57. The van der Waals surface area contributed by atoms with Gasteiger partial charge in [0.15, 0.2) is 5.69 Å². The van der Waals surface area contributed by atoms with Crippen molar-refractivity contribution in [1.29, 1.82) is 0 Å². The SMILES string of the molecule is COC(C)(C)CNC(=O)c1ncn(C2CCC(C(=O)Nc3cnccc3Cl)CC2)c1C(N)=O. The molecule has 0 unspecified atom stereocenters. The van der Waals surface area contributed by atoms with E-state index in [-0.39, 0.29) is 35.8 Å². The molecule has 0 atom stereocenters. The number of aromatic nitrogens is 3.